The number of rotatable bonds is 4. The van der Waals surface area contributed by atoms with Crippen LogP contribution in [0.15, 0.2) is 40.2 Å². The molecule has 0 fully saturated rings. The molecule has 0 bridgehead atoms. The quantitative estimate of drug-likeness (QED) is 0.849. The number of benzene rings is 1. The molecule has 0 amide bonds. The van der Waals surface area contributed by atoms with E-state index in [1.807, 2.05) is 17.5 Å². The van der Waals surface area contributed by atoms with Crippen LogP contribution < -0.4 is 10.5 Å². The van der Waals surface area contributed by atoms with E-state index in [0.29, 0.717) is 6.54 Å². The highest BCUT2D eigenvalue weighted by Gasteiger charge is 2.17. The van der Waals surface area contributed by atoms with Crippen LogP contribution in [0.5, 0.6) is 5.75 Å². The van der Waals surface area contributed by atoms with E-state index in [4.69, 9.17) is 10.5 Å². The van der Waals surface area contributed by atoms with Gasteiger partial charge in [-0.25, -0.2) is 0 Å². The van der Waals surface area contributed by atoms with Gasteiger partial charge in [0.25, 0.3) is 0 Å². The fourth-order valence-electron chi connectivity index (χ4n) is 1.92. The summed E-state index contributed by atoms with van der Waals surface area (Å²) < 4.78 is 7.14. The molecule has 1 aromatic heterocycles. The second-order valence-corrected chi connectivity index (χ2v) is 7.65. The van der Waals surface area contributed by atoms with Gasteiger partial charge in [0.05, 0.1) is 0 Å². The van der Waals surface area contributed by atoms with Crippen LogP contribution in [-0.2, 0) is 5.41 Å². The van der Waals surface area contributed by atoms with Gasteiger partial charge < -0.3 is 10.5 Å². The van der Waals surface area contributed by atoms with Crippen molar-refractivity contribution in [2.45, 2.75) is 32.3 Å². The van der Waals surface area contributed by atoms with Crippen molar-refractivity contribution >= 4 is 27.3 Å². The Bertz CT molecular complexity index is 574. The summed E-state index contributed by atoms with van der Waals surface area (Å²) in [5, 5.41) is 2.05. The summed E-state index contributed by atoms with van der Waals surface area (Å²) in [6.45, 7) is 7.06. The third-order valence-corrected chi connectivity index (χ3v) is 4.88. The second-order valence-electron chi connectivity index (χ2n) is 5.79. The van der Waals surface area contributed by atoms with Crippen molar-refractivity contribution in [3.05, 3.63) is 50.6 Å². The lowest BCUT2D eigenvalue weighted by atomic mass is 9.87. The van der Waals surface area contributed by atoms with Gasteiger partial charge in [-0.05, 0) is 45.1 Å². The Hall–Kier alpha value is -0.840. The predicted molar refractivity (Wildman–Crippen MR) is 89.6 cm³/mol. The Morgan fingerprint density at radius 1 is 1.30 bits per heavy atom. The normalized spacial score (nSPS) is 13.2. The Balaban J connectivity index is 2.20. The molecule has 0 radical (unpaired) electrons. The summed E-state index contributed by atoms with van der Waals surface area (Å²) in [5.41, 5.74) is 7.23. The maximum absolute atomic E-state index is 6.06. The zero-order chi connectivity index (χ0) is 14.8. The predicted octanol–water partition coefficient (Wildman–Crippen LogP) is 4.89. The van der Waals surface area contributed by atoms with E-state index in [-0.39, 0.29) is 11.5 Å². The zero-order valence-electron chi connectivity index (χ0n) is 12.0. The first kappa shape index (κ1) is 15.5. The minimum absolute atomic E-state index is 0.0958. The van der Waals surface area contributed by atoms with E-state index in [1.54, 1.807) is 11.3 Å². The molecule has 1 atom stereocenters. The van der Waals surface area contributed by atoms with Gasteiger partial charge in [-0.2, -0.15) is 0 Å². The van der Waals surface area contributed by atoms with E-state index in [9.17, 15) is 0 Å². The second kappa shape index (κ2) is 6.29. The van der Waals surface area contributed by atoms with E-state index < -0.39 is 0 Å². The van der Waals surface area contributed by atoms with Crippen molar-refractivity contribution in [1.29, 1.82) is 0 Å². The summed E-state index contributed by atoms with van der Waals surface area (Å²) in [5.74, 6) is 0.873. The van der Waals surface area contributed by atoms with Crippen molar-refractivity contribution in [1.82, 2.24) is 0 Å². The first-order valence-corrected chi connectivity index (χ1v) is 8.28. The molecule has 2 aromatic rings. The molecule has 1 heterocycles. The lowest BCUT2D eigenvalue weighted by Gasteiger charge is -2.21. The van der Waals surface area contributed by atoms with Gasteiger partial charge in [0.1, 0.15) is 11.9 Å². The fraction of sp³-hybridized carbons (Fsp3) is 0.375. The Kier molecular flexibility index (Phi) is 4.89. The van der Waals surface area contributed by atoms with Gasteiger partial charge in [0.15, 0.2) is 0 Å². The third-order valence-electron chi connectivity index (χ3n) is 3.10. The highest BCUT2D eigenvalue weighted by molar-refractivity contribution is 9.10. The van der Waals surface area contributed by atoms with Gasteiger partial charge in [-0.3, -0.25) is 0 Å². The molecule has 20 heavy (non-hydrogen) atoms. The molecule has 1 aromatic carbocycles. The van der Waals surface area contributed by atoms with Gasteiger partial charge in [0, 0.05) is 21.3 Å². The van der Waals surface area contributed by atoms with Gasteiger partial charge >= 0.3 is 0 Å². The van der Waals surface area contributed by atoms with Gasteiger partial charge in [-0.1, -0.05) is 32.9 Å². The van der Waals surface area contributed by atoms with Crippen LogP contribution in [0, 0.1) is 0 Å². The maximum atomic E-state index is 6.06. The number of nitrogens with two attached hydrogens (primary N) is 1. The molecular formula is C16H20BrNOS. The van der Waals surface area contributed by atoms with Crippen LogP contribution >= 0.6 is 27.3 Å². The van der Waals surface area contributed by atoms with Crippen molar-refractivity contribution in [2.75, 3.05) is 6.54 Å². The smallest absolute Gasteiger partial charge is 0.145 e. The number of hydrogen-bond acceptors (Lipinski definition) is 3. The molecule has 0 saturated carbocycles. The monoisotopic (exact) mass is 353 g/mol. The Morgan fingerprint density at radius 3 is 2.60 bits per heavy atom. The fourth-order valence-corrected chi connectivity index (χ4v) is 3.41. The molecule has 0 aliphatic rings. The first-order chi connectivity index (χ1) is 9.40. The summed E-state index contributed by atoms with van der Waals surface area (Å²) in [6.07, 6.45) is -0.0958. The Labute approximate surface area is 133 Å². The van der Waals surface area contributed by atoms with Crippen molar-refractivity contribution < 1.29 is 4.74 Å². The highest BCUT2D eigenvalue weighted by Crippen LogP contribution is 2.31. The topological polar surface area (TPSA) is 35.2 Å². The number of halogens is 1. The molecule has 4 heteroatoms. The van der Waals surface area contributed by atoms with Crippen LogP contribution in [0.25, 0.3) is 0 Å². The summed E-state index contributed by atoms with van der Waals surface area (Å²) in [4.78, 5) is 1.14. The Morgan fingerprint density at radius 2 is 2.05 bits per heavy atom. The average Bonchev–Trinajstić information content (AvgIpc) is 2.82. The number of ether oxygens (including phenoxy) is 1. The van der Waals surface area contributed by atoms with Crippen LogP contribution in [-0.4, -0.2) is 6.54 Å². The molecule has 1 unspecified atom stereocenters. The minimum Gasteiger partial charge on any atom is -0.484 e. The highest BCUT2D eigenvalue weighted by atomic mass is 79.9. The van der Waals surface area contributed by atoms with Crippen molar-refractivity contribution in [2.24, 2.45) is 5.73 Å². The van der Waals surface area contributed by atoms with Crippen molar-refractivity contribution in [3.63, 3.8) is 0 Å². The molecule has 0 spiro atoms. The number of hydrogen-bond donors (Lipinski definition) is 1. The largest absolute Gasteiger partial charge is 0.484 e. The first-order valence-electron chi connectivity index (χ1n) is 6.61. The van der Waals surface area contributed by atoms with E-state index >= 15 is 0 Å². The lowest BCUT2D eigenvalue weighted by molar-refractivity contribution is 0.217. The van der Waals surface area contributed by atoms with Gasteiger partial charge in [0.2, 0.25) is 0 Å². The van der Waals surface area contributed by atoms with E-state index in [1.165, 1.54) is 5.56 Å². The summed E-state index contributed by atoms with van der Waals surface area (Å²) in [7, 11) is 0. The molecule has 2 N–H and O–H groups in total. The summed E-state index contributed by atoms with van der Waals surface area (Å²) in [6, 6.07) is 10.3. The SMILES string of the molecule is CC(C)(C)c1cccc(OC(CN)c2cc(Br)cs2)c1. The molecular weight excluding hydrogens is 334 g/mol. The molecule has 0 aliphatic heterocycles. The van der Waals surface area contributed by atoms with Crippen LogP contribution in [0.4, 0.5) is 0 Å². The molecule has 2 rings (SSSR count). The maximum Gasteiger partial charge on any atom is 0.145 e. The molecule has 2 nitrogen and oxygen atoms in total. The minimum atomic E-state index is -0.0958. The number of thiophene rings is 1. The molecule has 0 saturated heterocycles. The van der Waals surface area contributed by atoms with E-state index in [2.05, 4.69) is 54.9 Å². The van der Waals surface area contributed by atoms with Crippen molar-refractivity contribution in [3.8, 4) is 5.75 Å². The average molecular weight is 354 g/mol. The summed E-state index contributed by atoms with van der Waals surface area (Å²) >= 11 is 5.13. The standard InChI is InChI=1S/C16H20BrNOS/c1-16(2,3)11-5-4-6-13(7-11)19-14(9-18)15-8-12(17)10-20-15/h4-8,10,14H,9,18H2,1-3H3. The molecule has 108 valence electrons. The van der Waals surface area contributed by atoms with Gasteiger partial charge in [-0.15, -0.1) is 11.3 Å². The van der Waals surface area contributed by atoms with Crippen LogP contribution in [0.2, 0.25) is 0 Å². The van der Waals surface area contributed by atoms with Crippen LogP contribution in [0.1, 0.15) is 37.3 Å². The third kappa shape index (κ3) is 3.84. The zero-order valence-corrected chi connectivity index (χ0v) is 14.4. The lowest BCUT2D eigenvalue weighted by Crippen LogP contribution is -2.18. The van der Waals surface area contributed by atoms with E-state index in [0.717, 1.165) is 15.1 Å². The molecule has 0 aliphatic carbocycles. The van der Waals surface area contributed by atoms with Crippen LogP contribution in [0.3, 0.4) is 0 Å².